The van der Waals surface area contributed by atoms with Crippen LogP contribution < -0.4 is 9.47 Å². The molecule has 0 aliphatic carbocycles. The van der Waals surface area contributed by atoms with Gasteiger partial charge in [0, 0.05) is 25.3 Å². The fraction of sp³-hybridized carbons (Fsp3) is 0.111. The first kappa shape index (κ1) is 35.7. The highest BCUT2D eigenvalue weighted by Crippen LogP contribution is 2.48. The van der Waals surface area contributed by atoms with Crippen LogP contribution in [0.1, 0.15) is 0 Å². The summed E-state index contributed by atoms with van der Waals surface area (Å²) in [5, 5.41) is 14.3. The molecule has 4 heteroatoms. The smallest absolute Gasteiger partial charge is 0.128 e. The highest BCUT2D eigenvalue weighted by Gasteiger charge is 2.21. The topological polar surface area (TPSA) is 36.9 Å². The van der Waals surface area contributed by atoms with Crippen LogP contribution in [0.4, 0.5) is 0 Å². The van der Waals surface area contributed by atoms with E-state index in [0.29, 0.717) is 26.4 Å². The van der Waals surface area contributed by atoms with Crippen LogP contribution in [-0.2, 0) is 9.47 Å². The number of ether oxygens (including phenoxy) is 4. The van der Waals surface area contributed by atoms with Gasteiger partial charge in [-0.05, 0) is 123 Å². The van der Waals surface area contributed by atoms with Crippen molar-refractivity contribution < 1.29 is 18.9 Å². The summed E-state index contributed by atoms with van der Waals surface area (Å²) < 4.78 is 24.0. The molecular weight excluding hydrogens is 713 g/mol. The van der Waals surface area contributed by atoms with Gasteiger partial charge >= 0.3 is 0 Å². The SMILES string of the molecule is COCCOc1ccc2cc(-c3cc4ccccc4c4ccccc34)ccc2c1-c1c(OCCOC)ccc2cc(-c3cc4ccccc4c4ccccc34)ccc12. The summed E-state index contributed by atoms with van der Waals surface area (Å²) in [5.74, 6) is 1.56. The monoisotopic (exact) mass is 754 g/mol. The van der Waals surface area contributed by atoms with E-state index in [2.05, 4.69) is 170 Å². The summed E-state index contributed by atoms with van der Waals surface area (Å²) >= 11 is 0. The van der Waals surface area contributed by atoms with Gasteiger partial charge in [-0.3, -0.25) is 0 Å². The van der Waals surface area contributed by atoms with Crippen molar-refractivity contribution in [2.45, 2.75) is 0 Å². The normalized spacial score (nSPS) is 11.7. The summed E-state index contributed by atoms with van der Waals surface area (Å²) in [7, 11) is 3.40. The third-order valence-electron chi connectivity index (χ3n) is 11.5. The summed E-state index contributed by atoms with van der Waals surface area (Å²) in [6.07, 6.45) is 0. The highest BCUT2D eigenvalue weighted by molar-refractivity contribution is 6.17. The average Bonchev–Trinajstić information content (AvgIpc) is 3.28. The number of hydrogen-bond acceptors (Lipinski definition) is 4. The van der Waals surface area contributed by atoms with Crippen LogP contribution in [-0.4, -0.2) is 40.6 Å². The van der Waals surface area contributed by atoms with E-state index in [1.807, 2.05) is 0 Å². The van der Waals surface area contributed by atoms with E-state index in [-0.39, 0.29) is 0 Å². The minimum atomic E-state index is 0.417. The lowest BCUT2D eigenvalue weighted by Crippen LogP contribution is -2.07. The van der Waals surface area contributed by atoms with Crippen LogP contribution in [0, 0.1) is 0 Å². The van der Waals surface area contributed by atoms with E-state index >= 15 is 0 Å². The lowest BCUT2D eigenvalue weighted by atomic mass is 9.88. The number of rotatable bonds is 11. The van der Waals surface area contributed by atoms with Crippen molar-refractivity contribution >= 4 is 64.6 Å². The molecule has 58 heavy (non-hydrogen) atoms. The minimum absolute atomic E-state index is 0.417. The molecular formula is C54H42O4. The van der Waals surface area contributed by atoms with E-state index in [1.165, 1.54) is 54.2 Å². The second-order valence-corrected chi connectivity index (χ2v) is 14.8. The lowest BCUT2D eigenvalue weighted by Gasteiger charge is -2.21. The standard InChI is InChI=1S/C54H42O4/c1-55-27-29-57-51-25-21-37-31-39(49-33-35-11-3-5-13-41(35)45-15-7-9-17-47(45)49)19-23-43(37)53(51)54-44-24-20-40(32-38(44)22-26-52(54)58-30-28-56-2)50-34-36-12-4-6-14-42(36)46-16-8-10-18-48(46)50/h3-26,31-34H,27-30H2,1-2H3. The molecule has 0 saturated heterocycles. The summed E-state index contributed by atoms with van der Waals surface area (Å²) in [5.41, 5.74) is 6.72. The number of benzene rings is 10. The molecule has 0 N–H and O–H groups in total. The Morgan fingerprint density at radius 1 is 0.310 bits per heavy atom. The van der Waals surface area contributed by atoms with Crippen LogP contribution in [0.5, 0.6) is 11.5 Å². The summed E-state index contributed by atoms with van der Waals surface area (Å²) in [6.45, 7) is 1.78. The number of hydrogen-bond donors (Lipinski definition) is 0. The van der Waals surface area contributed by atoms with Gasteiger partial charge in [0.2, 0.25) is 0 Å². The predicted molar refractivity (Wildman–Crippen MR) is 243 cm³/mol. The Balaban J connectivity index is 1.19. The first-order chi connectivity index (χ1) is 28.7. The third kappa shape index (κ3) is 6.28. The Morgan fingerprint density at radius 3 is 1.12 bits per heavy atom. The third-order valence-corrected chi connectivity index (χ3v) is 11.5. The average molecular weight is 755 g/mol. The van der Waals surface area contributed by atoms with E-state index in [1.54, 1.807) is 14.2 Å². The van der Waals surface area contributed by atoms with Crippen LogP contribution in [0.25, 0.3) is 98.0 Å². The van der Waals surface area contributed by atoms with Crippen molar-refractivity contribution in [3.05, 3.63) is 170 Å². The highest BCUT2D eigenvalue weighted by atomic mass is 16.5. The van der Waals surface area contributed by atoms with Gasteiger partial charge in [-0.25, -0.2) is 0 Å². The molecule has 0 aliphatic heterocycles. The minimum Gasteiger partial charge on any atom is -0.491 e. The Hall–Kier alpha value is -6.72. The molecule has 0 heterocycles. The molecule has 0 atom stereocenters. The van der Waals surface area contributed by atoms with Gasteiger partial charge in [-0.15, -0.1) is 0 Å². The van der Waals surface area contributed by atoms with Gasteiger partial charge in [0.25, 0.3) is 0 Å². The van der Waals surface area contributed by atoms with Crippen LogP contribution in [0.2, 0.25) is 0 Å². The molecule has 4 nitrogen and oxygen atoms in total. The van der Waals surface area contributed by atoms with Gasteiger partial charge in [0.05, 0.1) is 13.2 Å². The largest absolute Gasteiger partial charge is 0.491 e. The molecule has 0 aliphatic rings. The quantitative estimate of drug-likeness (QED) is 0.0973. The molecule has 0 radical (unpaired) electrons. The molecule has 10 aromatic carbocycles. The molecule has 0 amide bonds. The maximum atomic E-state index is 6.57. The molecule has 10 aromatic rings. The number of fused-ring (bicyclic) bond motifs is 8. The molecule has 0 saturated carbocycles. The van der Waals surface area contributed by atoms with Crippen molar-refractivity contribution in [1.82, 2.24) is 0 Å². The molecule has 0 bridgehead atoms. The maximum Gasteiger partial charge on any atom is 0.128 e. The Morgan fingerprint density at radius 2 is 0.690 bits per heavy atom. The van der Waals surface area contributed by atoms with Crippen molar-refractivity contribution in [1.29, 1.82) is 0 Å². The molecule has 0 fully saturated rings. The molecule has 10 rings (SSSR count). The van der Waals surface area contributed by atoms with Gasteiger partial charge in [0.1, 0.15) is 24.7 Å². The fourth-order valence-corrected chi connectivity index (χ4v) is 8.77. The van der Waals surface area contributed by atoms with Gasteiger partial charge < -0.3 is 18.9 Å². The van der Waals surface area contributed by atoms with E-state index in [9.17, 15) is 0 Å². The van der Waals surface area contributed by atoms with Crippen molar-refractivity contribution in [2.24, 2.45) is 0 Å². The zero-order chi connectivity index (χ0) is 39.0. The molecule has 0 aromatic heterocycles. The lowest BCUT2D eigenvalue weighted by molar-refractivity contribution is 0.146. The maximum absolute atomic E-state index is 6.57. The Kier molecular flexibility index (Phi) is 9.42. The van der Waals surface area contributed by atoms with E-state index in [0.717, 1.165) is 55.3 Å². The Bertz CT molecular complexity index is 2950. The molecule has 0 unspecified atom stereocenters. The summed E-state index contributed by atoms with van der Waals surface area (Å²) in [4.78, 5) is 0. The summed E-state index contributed by atoms with van der Waals surface area (Å²) in [6, 6.07) is 61.5. The first-order valence-electron chi connectivity index (χ1n) is 19.9. The molecule has 282 valence electrons. The van der Waals surface area contributed by atoms with Crippen molar-refractivity contribution in [3.8, 4) is 44.9 Å². The zero-order valence-corrected chi connectivity index (χ0v) is 32.6. The van der Waals surface area contributed by atoms with Gasteiger partial charge in [-0.2, -0.15) is 0 Å². The van der Waals surface area contributed by atoms with Crippen LogP contribution in [0.3, 0.4) is 0 Å². The number of methoxy groups -OCH3 is 2. The Labute approximate surface area is 337 Å². The first-order valence-corrected chi connectivity index (χ1v) is 19.9. The van der Waals surface area contributed by atoms with E-state index in [4.69, 9.17) is 18.9 Å². The van der Waals surface area contributed by atoms with Crippen LogP contribution in [0.15, 0.2) is 170 Å². The van der Waals surface area contributed by atoms with Gasteiger partial charge in [-0.1, -0.05) is 133 Å². The predicted octanol–water partition coefficient (Wildman–Crippen LogP) is 13.7. The zero-order valence-electron chi connectivity index (χ0n) is 32.6. The van der Waals surface area contributed by atoms with Crippen LogP contribution >= 0.6 is 0 Å². The van der Waals surface area contributed by atoms with E-state index < -0.39 is 0 Å². The van der Waals surface area contributed by atoms with Gasteiger partial charge in [0.15, 0.2) is 0 Å². The molecule has 0 spiro atoms. The second-order valence-electron chi connectivity index (χ2n) is 14.8. The van der Waals surface area contributed by atoms with Crippen molar-refractivity contribution in [3.63, 3.8) is 0 Å². The second kappa shape index (κ2) is 15.3. The van der Waals surface area contributed by atoms with Crippen molar-refractivity contribution in [2.75, 3.05) is 40.6 Å². The fourth-order valence-electron chi connectivity index (χ4n) is 8.77.